The molecule has 0 unspecified atom stereocenters. The van der Waals surface area contributed by atoms with Gasteiger partial charge in [0.05, 0.1) is 17.7 Å². The van der Waals surface area contributed by atoms with E-state index in [0.29, 0.717) is 17.9 Å². The van der Waals surface area contributed by atoms with E-state index in [4.69, 9.17) is 4.74 Å². The van der Waals surface area contributed by atoms with Gasteiger partial charge in [0.25, 0.3) is 5.91 Å². The largest absolute Gasteiger partial charge is 0.489 e. The molecule has 0 saturated heterocycles. The first-order chi connectivity index (χ1) is 8.71. The second-order valence-electron chi connectivity index (χ2n) is 4.49. The molecule has 2 rings (SSSR count). The molecule has 1 aliphatic carbocycles. The Kier molecular flexibility index (Phi) is 3.67. The van der Waals surface area contributed by atoms with E-state index < -0.39 is 5.54 Å². The Morgan fingerprint density at radius 3 is 2.83 bits per heavy atom. The van der Waals surface area contributed by atoms with E-state index in [2.05, 4.69) is 11.9 Å². The molecule has 4 heteroatoms. The molecule has 0 spiro atoms. The van der Waals surface area contributed by atoms with Crippen molar-refractivity contribution in [2.24, 2.45) is 0 Å². The second-order valence-corrected chi connectivity index (χ2v) is 4.49. The Balaban J connectivity index is 2.11. The number of nitrogens with one attached hydrogen (secondary N) is 1. The highest BCUT2D eigenvalue weighted by Crippen LogP contribution is 2.35. The van der Waals surface area contributed by atoms with Crippen LogP contribution in [0.5, 0.6) is 5.75 Å². The fourth-order valence-electron chi connectivity index (χ4n) is 1.71. The summed E-state index contributed by atoms with van der Waals surface area (Å²) in [6.45, 7) is 3.91. The molecule has 0 aromatic heterocycles. The molecule has 1 saturated carbocycles. The maximum atomic E-state index is 12.1. The number of hydrogen-bond acceptors (Lipinski definition) is 3. The number of amides is 1. The van der Waals surface area contributed by atoms with Gasteiger partial charge in [-0.05, 0) is 25.0 Å². The minimum atomic E-state index is -0.414. The monoisotopic (exact) mass is 247 g/mol. The third-order valence-corrected chi connectivity index (χ3v) is 3.02. The van der Waals surface area contributed by atoms with E-state index in [9.17, 15) is 9.90 Å². The maximum absolute atomic E-state index is 12.1. The van der Waals surface area contributed by atoms with Crippen LogP contribution in [0.1, 0.15) is 23.2 Å². The number of rotatable bonds is 6. The van der Waals surface area contributed by atoms with Crippen LogP contribution >= 0.6 is 0 Å². The Bertz CT molecular complexity index is 452. The van der Waals surface area contributed by atoms with Crippen molar-refractivity contribution >= 4 is 5.91 Å². The molecule has 0 bridgehead atoms. The average molecular weight is 247 g/mol. The minimum absolute atomic E-state index is 0.0194. The molecule has 4 nitrogen and oxygen atoms in total. The fraction of sp³-hybridized carbons (Fsp3) is 0.357. The van der Waals surface area contributed by atoms with Crippen LogP contribution in [0.2, 0.25) is 0 Å². The van der Waals surface area contributed by atoms with E-state index in [1.165, 1.54) is 0 Å². The lowest BCUT2D eigenvalue weighted by Crippen LogP contribution is -2.39. The Morgan fingerprint density at radius 2 is 2.22 bits per heavy atom. The second kappa shape index (κ2) is 5.23. The van der Waals surface area contributed by atoms with Crippen molar-refractivity contribution in [1.29, 1.82) is 0 Å². The van der Waals surface area contributed by atoms with Crippen LogP contribution < -0.4 is 10.1 Å². The van der Waals surface area contributed by atoms with Crippen LogP contribution in [-0.2, 0) is 0 Å². The Morgan fingerprint density at radius 1 is 1.50 bits per heavy atom. The zero-order valence-electron chi connectivity index (χ0n) is 10.2. The predicted molar refractivity (Wildman–Crippen MR) is 68.7 cm³/mol. The van der Waals surface area contributed by atoms with Gasteiger partial charge in [0, 0.05) is 0 Å². The van der Waals surface area contributed by atoms with Crippen molar-refractivity contribution in [2.75, 3.05) is 13.2 Å². The van der Waals surface area contributed by atoms with E-state index in [0.717, 1.165) is 12.8 Å². The van der Waals surface area contributed by atoms with Gasteiger partial charge in [-0.25, -0.2) is 0 Å². The van der Waals surface area contributed by atoms with Crippen molar-refractivity contribution in [3.8, 4) is 5.75 Å². The van der Waals surface area contributed by atoms with Crippen LogP contribution in [-0.4, -0.2) is 29.8 Å². The summed E-state index contributed by atoms with van der Waals surface area (Å²) < 4.78 is 5.43. The van der Waals surface area contributed by atoms with Crippen molar-refractivity contribution in [3.05, 3.63) is 42.5 Å². The molecular formula is C14H17NO3. The first-order valence-corrected chi connectivity index (χ1v) is 5.97. The van der Waals surface area contributed by atoms with Crippen LogP contribution in [0.25, 0.3) is 0 Å². The molecular weight excluding hydrogens is 230 g/mol. The summed E-state index contributed by atoms with van der Waals surface area (Å²) in [5, 5.41) is 12.1. The van der Waals surface area contributed by atoms with Crippen LogP contribution in [0, 0.1) is 0 Å². The number of carbonyl (C=O) groups is 1. The summed E-state index contributed by atoms with van der Waals surface area (Å²) in [6.07, 6.45) is 3.28. The Labute approximate surface area is 106 Å². The van der Waals surface area contributed by atoms with E-state index in [1.54, 1.807) is 24.3 Å². The maximum Gasteiger partial charge on any atom is 0.255 e. The number of aliphatic hydroxyl groups excluding tert-OH is 1. The van der Waals surface area contributed by atoms with Gasteiger partial charge in [0.15, 0.2) is 0 Å². The number of ether oxygens (including phenoxy) is 1. The number of aliphatic hydroxyl groups is 1. The van der Waals surface area contributed by atoms with Gasteiger partial charge >= 0.3 is 0 Å². The predicted octanol–water partition coefficient (Wildman–Crippen LogP) is 1.51. The number of para-hydroxylation sites is 1. The highest BCUT2D eigenvalue weighted by atomic mass is 16.5. The van der Waals surface area contributed by atoms with Gasteiger partial charge in [-0.15, -0.1) is 0 Å². The lowest BCUT2D eigenvalue weighted by atomic mass is 10.1. The summed E-state index contributed by atoms with van der Waals surface area (Å²) in [6, 6.07) is 7.06. The number of benzene rings is 1. The van der Waals surface area contributed by atoms with Gasteiger partial charge in [0.1, 0.15) is 12.4 Å². The topological polar surface area (TPSA) is 58.6 Å². The highest BCUT2D eigenvalue weighted by molar-refractivity contribution is 5.97. The summed E-state index contributed by atoms with van der Waals surface area (Å²) in [4.78, 5) is 12.1. The molecule has 2 N–H and O–H groups in total. The van der Waals surface area contributed by atoms with Gasteiger partial charge < -0.3 is 15.2 Å². The van der Waals surface area contributed by atoms with Gasteiger partial charge in [-0.2, -0.15) is 0 Å². The molecule has 1 aromatic carbocycles. The number of hydrogen-bond donors (Lipinski definition) is 2. The van der Waals surface area contributed by atoms with Gasteiger partial charge in [-0.1, -0.05) is 24.8 Å². The molecule has 0 atom stereocenters. The quantitative estimate of drug-likeness (QED) is 0.749. The van der Waals surface area contributed by atoms with Crippen LogP contribution in [0.4, 0.5) is 0 Å². The minimum Gasteiger partial charge on any atom is -0.489 e. The summed E-state index contributed by atoms with van der Waals surface area (Å²) >= 11 is 0. The zero-order chi connectivity index (χ0) is 13.0. The lowest BCUT2D eigenvalue weighted by Gasteiger charge is -2.16. The summed E-state index contributed by atoms with van der Waals surface area (Å²) in [5.41, 5.74) is 0.0712. The molecule has 1 aromatic rings. The third kappa shape index (κ3) is 2.71. The first kappa shape index (κ1) is 12.6. The van der Waals surface area contributed by atoms with Crippen LogP contribution in [0.15, 0.2) is 36.9 Å². The Hall–Kier alpha value is -1.81. The molecule has 0 aliphatic heterocycles. The van der Waals surface area contributed by atoms with Gasteiger partial charge in [-0.3, -0.25) is 4.79 Å². The molecule has 18 heavy (non-hydrogen) atoms. The first-order valence-electron chi connectivity index (χ1n) is 5.97. The molecule has 1 amide bonds. The van der Waals surface area contributed by atoms with Crippen molar-refractivity contribution < 1.29 is 14.6 Å². The molecule has 1 aliphatic rings. The smallest absolute Gasteiger partial charge is 0.255 e. The zero-order valence-corrected chi connectivity index (χ0v) is 10.2. The van der Waals surface area contributed by atoms with Crippen molar-refractivity contribution in [2.45, 2.75) is 18.4 Å². The van der Waals surface area contributed by atoms with Crippen molar-refractivity contribution in [3.63, 3.8) is 0 Å². The van der Waals surface area contributed by atoms with E-state index in [1.807, 2.05) is 6.07 Å². The van der Waals surface area contributed by atoms with Gasteiger partial charge in [0.2, 0.25) is 0 Å². The average Bonchev–Trinajstić information content (AvgIpc) is 3.17. The normalized spacial score (nSPS) is 15.8. The molecule has 96 valence electrons. The fourth-order valence-corrected chi connectivity index (χ4v) is 1.71. The molecule has 0 heterocycles. The van der Waals surface area contributed by atoms with Crippen molar-refractivity contribution in [1.82, 2.24) is 5.32 Å². The molecule has 0 radical (unpaired) electrons. The van der Waals surface area contributed by atoms with Crippen LogP contribution in [0.3, 0.4) is 0 Å². The summed E-state index contributed by atoms with van der Waals surface area (Å²) in [5.74, 6) is 0.324. The third-order valence-electron chi connectivity index (χ3n) is 3.02. The SMILES string of the molecule is C=CCOc1ccccc1C(=O)NC1(CO)CC1. The number of carbonyl (C=O) groups excluding carboxylic acids is 1. The standard InChI is InChI=1S/C14H17NO3/c1-2-9-18-12-6-4-3-5-11(12)13(17)15-14(10-16)7-8-14/h2-6,16H,1,7-10H2,(H,15,17). The van der Waals surface area contributed by atoms with E-state index in [-0.39, 0.29) is 12.5 Å². The lowest BCUT2D eigenvalue weighted by molar-refractivity contribution is 0.0903. The van der Waals surface area contributed by atoms with E-state index >= 15 is 0 Å². The molecule has 1 fully saturated rings. The highest BCUT2D eigenvalue weighted by Gasteiger charge is 2.43. The summed E-state index contributed by atoms with van der Waals surface area (Å²) in [7, 11) is 0.